The molecule has 8 heteroatoms. The molecule has 3 heterocycles. The Hall–Kier alpha value is -2.32. The zero-order valence-corrected chi connectivity index (χ0v) is 17.6. The number of ether oxygens (including phenoxy) is 3. The number of rotatable bonds is 6. The minimum absolute atomic E-state index is 0.402. The summed E-state index contributed by atoms with van der Waals surface area (Å²) in [7, 11) is 3.83. The molecule has 4 rings (SSSR count). The fourth-order valence-electron chi connectivity index (χ4n) is 3.91. The minimum Gasteiger partial charge on any atom is -0.493 e. The van der Waals surface area contributed by atoms with Gasteiger partial charge in [0.05, 0.1) is 32.4 Å². The van der Waals surface area contributed by atoms with Gasteiger partial charge in [-0.05, 0) is 46.0 Å². The summed E-state index contributed by atoms with van der Waals surface area (Å²) in [6.45, 7) is 7.73. The first-order chi connectivity index (χ1) is 14.2. The van der Waals surface area contributed by atoms with E-state index in [2.05, 4.69) is 22.2 Å². The molecule has 1 aromatic carbocycles. The molecule has 8 nitrogen and oxygen atoms in total. The number of morpholine rings is 1. The molecule has 0 amide bonds. The second-order valence-corrected chi connectivity index (χ2v) is 7.65. The normalized spacial score (nSPS) is 18.8. The lowest BCUT2D eigenvalue weighted by molar-refractivity contribution is 0.122. The molecule has 0 radical (unpaired) electrons. The Labute approximate surface area is 172 Å². The van der Waals surface area contributed by atoms with Gasteiger partial charge in [0.15, 0.2) is 11.5 Å². The van der Waals surface area contributed by atoms with Crippen molar-refractivity contribution in [3.05, 3.63) is 12.1 Å². The summed E-state index contributed by atoms with van der Waals surface area (Å²) in [4.78, 5) is 14.3. The molecule has 0 unspecified atom stereocenters. The van der Waals surface area contributed by atoms with E-state index in [0.29, 0.717) is 31.6 Å². The number of hydrogen-bond donors (Lipinski definition) is 1. The number of nitrogens with one attached hydrogen (secondary N) is 1. The van der Waals surface area contributed by atoms with Crippen molar-refractivity contribution in [3.8, 4) is 11.5 Å². The molecule has 2 aliphatic heterocycles. The van der Waals surface area contributed by atoms with Crippen molar-refractivity contribution in [1.82, 2.24) is 14.9 Å². The number of benzene rings is 1. The summed E-state index contributed by atoms with van der Waals surface area (Å²) >= 11 is 0. The fourth-order valence-corrected chi connectivity index (χ4v) is 3.91. The monoisotopic (exact) mass is 401 g/mol. The number of fused-ring (bicyclic) bond motifs is 1. The van der Waals surface area contributed by atoms with E-state index >= 15 is 0 Å². The first-order valence-corrected chi connectivity index (χ1v) is 10.5. The van der Waals surface area contributed by atoms with Crippen LogP contribution in [-0.4, -0.2) is 81.1 Å². The van der Waals surface area contributed by atoms with Gasteiger partial charge in [0.2, 0.25) is 5.95 Å². The minimum atomic E-state index is 0.402. The SMILES string of the molecule is CCOc1cc2c(NC3CCN(C)CC3)nc(N3CCOCC3)nc2cc1OC. The van der Waals surface area contributed by atoms with Gasteiger partial charge in [0.1, 0.15) is 5.82 Å². The van der Waals surface area contributed by atoms with Gasteiger partial charge in [-0.2, -0.15) is 4.98 Å². The molecule has 2 saturated heterocycles. The maximum absolute atomic E-state index is 5.80. The third-order valence-corrected chi connectivity index (χ3v) is 5.62. The largest absolute Gasteiger partial charge is 0.493 e. The van der Waals surface area contributed by atoms with Crippen LogP contribution < -0.4 is 19.7 Å². The highest BCUT2D eigenvalue weighted by Gasteiger charge is 2.22. The number of aromatic nitrogens is 2. The Morgan fingerprint density at radius 3 is 2.55 bits per heavy atom. The summed E-state index contributed by atoms with van der Waals surface area (Å²) in [5.74, 6) is 3.02. The van der Waals surface area contributed by atoms with Gasteiger partial charge in [-0.1, -0.05) is 0 Å². The van der Waals surface area contributed by atoms with Crippen LogP contribution in [0.3, 0.4) is 0 Å². The summed E-state index contributed by atoms with van der Waals surface area (Å²) in [6, 6.07) is 4.35. The van der Waals surface area contributed by atoms with Crippen molar-refractivity contribution < 1.29 is 14.2 Å². The predicted molar refractivity (Wildman–Crippen MR) is 114 cm³/mol. The molecule has 2 aliphatic rings. The van der Waals surface area contributed by atoms with Crippen molar-refractivity contribution in [2.45, 2.75) is 25.8 Å². The topological polar surface area (TPSA) is 72.0 Å². The zero-order chi connectivity index (χ0) is 20.2. The van der Waals surface area contributed by atoms with E-state index in [1.165, 1.54) is 0 Å². The molecule has 0 bridgehead atoms. The van der Waals surface area contributed by atoms with Crippen molar-refractivity contribution in [1.29, 1.82) is 0 Å². The Balaban J connectivity index is 1.74. The molecular formula is C21H31N5O3. The molecule has 0 atom stereocenters. The van der Waals surface area contributed by atoms with Crippen LogP contribution in [0.5, 0.6) is 11.5 Å². The van der Waals surface area contributed by atoms with Gasteiger partial charge in [-0.15, -0.1) is 0 Å². The Bertz CT molecular complexity index is 833. The van der Waals surface area contributed by atoms with E-state index in [1.807, 2.05) is 19.1 Å². The van der Waals surface area contributed by atoms with E-state index in [4.69, 9.17) is 24.2 Å². The van der Waals surface area contributed by atoms with E-state index in [9.17, 15) is 0 Å². The number of piperidine rings is 1. The lowest BCUT2D eigenvalue weighted by Gasteiger charge is -2.31. The van der Waals surface area contributed by atoms with E-state index in [1.54, 1.807) is 7.11 Å². The second kappa shape index (κ2) is 9.00. The number of methoxy groups -OCH3 is 1. The van der Waals surface area contributed by atoms with Crippen molar-refractivity contribution in [2.75, 3.05) is 70.4 Å². The molecule has 2 aromatic rings. The third kappa shape index (κ3) is 4.48. The number of nitrogens with zero attached hydrogens (tertiary/aromatic N) is 4. The van der Waals surface area contributed by atoms with Crippen LogP contribution in [0.2, 0.25) is 0 Å². The number of anilines is 2. The van der Waals surface area contributed by atoms with Crippen molar-refractivity contribution in [3.63, 3.8) is 0 Å². The lowest BCUT2D eigenvalue weighted by atomic mass is 10.1. The molecule has 0 saturated carbocycles. The smallest absolute Gasteiger partial charge is 0.228 e. The molecule has 0 aliphatic carbocycles. The standard InChI is InChI=1S/C21H31N5O3/c1-4-29-19-13-16-17(14-18(19)27-3)23-21(26-9-11-28-12-10-26)24-20(16)22-15-5-7-25(2)8-6-15/h13-15H,4-12H2,1-3H3,(H,22,23,24). The van der Waals surface area contributed by atoms with Gasteiger partial charge in [-0.25, -0.2) is 4.98 Å². The van der Waals surface area contributed by atoms with Gasteiger partial charge >= 0.3 is 0 Å². The zero-order valence-electron chi connectivity index (χ0n) is 17.6. The van der Waals surface area contributed by atoms with Crippen LogP contribution in [0.4, 0.5) is 11.8 Å². The highest BCUT2D eigenvalue weighted by molar-refractivity contribution is 5.93. The number of likely N-dealkylation sites (tertiary alicyclic amines) is 1. The molecule has 158 valence electrons. The third-order valence-electron chi connectivity index (χ3n) is 5.62. The quantitative estimate of drug-likeness (QED) is 0.791. The summed E-state index contributed by atoms with van der Waals surface area (Å²) in [5.41, 5.74) is 0.859. The first-order valence-electron chi connectivity index (χ1n) is 10.5. The molecular weight excluding hydrogens is 370 g/mol. The first kappa shape index (κ1) is 20.0. The average Bonchev–Trinajstić information content (AvgIpc) is 2.76. The van der Waals surface area contributed by atoms with Crippen molar-refractivity contribution in [2.24, 2.45) is 0 Å². The molecule has 1 aromatic heterocycles. The molecule has 2 fully saturated rings. The molecule has 0 spiro atoms. The van der Waals surface area contributed by atoms with Gasteiger partial charge < -0.3 is 29.3 Å². The molecule has 1 N–H and O–H groups in total. The van der Waals surface area contributed by atoms with Crippen LogP contribution >= 0.6 is 0 Å². The highest BCUT2D eigenvalue weighted by atomic mass is 16.5. The maximum atomic E-state index is 5.80. The highest BCUT2D eigenvalue weighted by Crippen LogP contribution is 2.36. The Kier molecular flexibility index (Phi) is 6.20. The van der Waals surface area contributed by atoms with Gasteiger partial charge in [-0.3, -0.25) is 0 Å². The van der Waals surface area contributed by atoms with Crippen LogP contribution in [0.15, 0.2) is 12.1 Å². The average molecular weight is 402 g/mol. The summed E-state index contributed by atoms with van der Waals surface area (Å²) in [6.07, 6.45) is 2.20. The maximum Gasteiger partial charge on any atom is 0.228 e. The number of hydrogen-bond acceptors (Lipinski definition) is 8. The van der Waals surface area contributed by atoms with Crippen LogP contribution in [-0.2, 0) is 4.74 Å². The fraction of sp³-hybridized carbons (Fsp3) is 0.619. The van der Waals surface area contributed by atoms with E-state index in [-0.39, 0.29) is 0 Å². The lowest BCUT2D eigenvalue weighted by Crippen LogP contribution is -2.38. The van der Waals surface area contributed by atoms with Gasteiger partial charge in [0, 0.05) is 30.6 Å². The van der Waals surface area contributed by atoms with E-state index in [0.717, 1.165) is 67.4 Å². The van der Waals surface area contributed by atoms with Crippen molar-refractivity contribution >= 4 is 22.7 Å². The van der Waals surface area contributed by atoms with E-state index < -0.39 is 0 Å². The van der Waals surface area contributed by atoms with Crippen LogP contribution in [0, 0.1) is 0 Å². The van der Waals surface area contributed by atoms with Gasteiger partial charge in [0.25, 0.3) is 0 Å². The van der Waals surface area contributed by atoms with Crippen LogP contribution in [0.25, 0.3) is 10.9 Å². The Morgan fingerprint density at radius 2 is 1.86 bits per heavy atom. The van der Waals surface area contributed by atoms with Crippen LogP contribution in [0.1, 0.15) is 19.8 Å². The second-order valence-electron chi connectivity index (χ2n) is 7.65. The Morgan fingerprint density at radius 1 is 1.10 bits per heavy atom. The predicted octanol–water partition coefficient (Wildman–Crippen LogP) is 2.38. The summed E-state index contributed by atoms with van der Waals surface area (Å²) in [5, 5.41) is 4.66. The summed E-state index contributed by atoms with van der Waals surface area (Å²) < 4.78 is 16.8. The molecule has 29 heavy (non-hydrogen) atoms.